The first-order valence-corrected chi connectivity index (χ1v) is 6.81. The fourth-order valence-electron chi connectivity index (χ4n) is 3.12. The molecule has 0 aromatic heterocycles. The van der Waals surface area contributed by atoms with Gasteiger partial charge in [0.2, 0.25) is 0 Å². The van der Waals surface area contributed by atoms with Gasteiger partial charge in [0.15, 0.2) is 0 Å². The molecule has 2 heterocycles. The molecule has 1 N–H and O–H groups in total. The van der Waals surface area contributed by atoms with Gasteiger partial charge in [-0.25, -0.2) is 0 Å². The second-order valence-corrected chi connectivity index (χ2v) is 5.38. The first-order valence-electron chi connectivity index (χ1n) is 6.81. The molecule has 2 fully saturated rings. The SMILES string of the molecule is COc1ccc(C(C)NC2CC3CCC2O3)cc1. The zero-order valence-corrected chi connectivity index (χ0v) is 11.1. The third kappa shape index (κ3) is 2.25. The van der Waals surface area contributed by atoms with E-state index < -0.39 is 0 Å². The lowest BCUT2D eigenvalue weighted by Crippen LogP contribution is -2.38. The molecule has 0 aliphatic carbocycles. The number of nitrogens with one attached hydrogen (secondary N) is 1. The standard InChI is InChI=1S/C15H21NO2/c1-10(11-3-5-12(17-2)6-4-11)16-14-9-13-7-8-15(14)18-13/h3-6,10,13-16H,7-9H2,1-2H3. The third-order valence-corrected chi connectivity index (χ3v) is 4.19. The van der Waals surface area contributed by atoms with Gasteiger partial charge in [-0.2, -0.15) is 0 Å². The maximum atomic E-state index is 5.88. The lowest BCUT2D eigenvalue weighted by Gasteiger charge is -2.25. The number of benzene rings is 1. The Morgan fingerprint density at radius 2 is 2.06 bits per heavy atom. The smallest absolute Gasteiger partial charge is 0.118 e. The van der Waals surface area contributed by atoms with Gasteiger partial charge >= 0.3 is 0 Å². The summed E-state index contributed by atoms with van der Waals surface area (Å²) < 4.78 is 11.1. The van der Waals surface area contributed by atoms with E-state index in [-0.39, 0.29) is 0 Å². The highest BCUT2D eigenvalue weighted by Gasteiger charge is 2.40. The van der Waals surface area contributed by atoms with Gasteiger partial charge in [0.1, 0.15) is 5.75 Å². The van der Waals surface area contributed by atoms with Crippen LogP contribution in [-0.2, 0) is 4.74 Å². The number of methoxy groups -OCH3 is 1. The summed E-state index contributed by atoms with van der Waals surface area (Å²) in [5.41, 5.74) is 1.30. The summed E-state index contributed by atoms with van der Waals surface area (Å²) in [6.45, 7) is 2.22. The molecule has 3 rings (SSSR count). The lowest BCUT2D eigenvalue weighted by atomic mass is 9.94. The maximum absolute atomic E-state index is 5.88. The number of hydrogen-bond donors (Lipinski definition) is 1. The molecule has 4 unspecified atom stereocenters. The van der Waals surface area contributed by atoms with Crippen LogP contribution in [0.3, 0.4) is 0 Å². The minimum absolute atomic E-state index is 0.365. The van der Waals surface area contributed by atoms with Crippen molar-refractivity contribution in [1.82, 2.24) is 5.32 Å². The number of ether oxygens (including phenoxy) is 2. The van der Waals surface area contributed by atoms with Crippen LogP contribution in [0.2, 0.25) is 0 Å². The average Bonchev–Trinajstić information content (AvgIpc) is 3.01. The Labute approximate surface area is 108 Å². The summed E-state index contributed by atoms with van der Waals surface area (Å²) in [6, 6.07) is 9.19. The highest BCUT2D eigenvalue weighted by atomic mass is 16.5. The predicted molar refractivity (Wildman–Crippen MR) is 70.8 cm³/mol. The van der Waals surface area contributed by atoms with Crippen LogP contribution in [0.1, 0.15) is 37.8 Å². The lowest BCUT2D eigenvalue weighted by molar-refractivity contribution is 0.0962. The van der Waals surface area contributed by atoms with Gasteiger partial charge in [0, 0.05) is 12.1 Å². The van der Waals surface area contributed by atoms with Gasteiger partial charge in [-0.05, 0) is 43.9 Å². The van der Waals surface area contributed by atoms with E-state index in [0.29, 0.717) is 24.3 Å². The fourth-order valence-corrected chi connectivity index (χ4v) is 3.12. The minimum Gasteiger partial charge on any atom is -0.497 e. The van der Waals surface area contributed by atoms with Crippen LogP contribution < -0.4 is 10.1 Å². The van der Waals surface area contributed by atoms with E-state index in [4.69, 9.17) is 9.47 Å². The van der Waals surface area contributed by atoms with Gasteiger partial charge in [0.05, 0.1) is 19.3 Å². The minimum atomic E-state index is 0.365. The van der Waals surface area contributed by atoms with Crippen molar-refractivity contribution in [2.75, 3.05) is 7.11 Å². The first kappa shape index (κ1) is 12.0. The normalized spacial score (nSPS) is 31.6. The second-order valence-electron chi connectivity index (χ2n) is 5.38. The molecule has 1 aromatic rings. The highest BCUT2D eigenvalue weighted by Crippen LogP contribution is 2.35. The van der Waals surface area contributed by atoms with Crippen molar-refractivity contribution < 1.29 is 9.47 Å². The summed E-state index contributed by atoms with van der Waals surface area (Å²) >= 11 is 0. The Morgan fingerprint density at radius 3 is 2.61 bits per heavy atom. The Morgan fingerprint density at radius 1 is 1.28 bits per heavy atom. The Kier molecular flexibility index (Phi) is 3.27. The van der Waals surface area contributed by atoms with Gasteiger partial charge in [-0.15, -0.1) is 0 Å². The van der Waals surface area contributed by atoms with Crippen LogP contribution in [0.4, 0.5) is 0 Å². The zero-order chi connectivity index (χ0) is 12.5. The van der Waals surface area contributed by atoms with Crippen LogP contribution in [0.15, 0.2) is 24.3 Å². The van der Waals surface area contributed by atoms with E-state index in [0.717, 1.165) is 5.75 Å². The molecule has 0 radical (unpaired) electrons. The first-order chi connectivity index (χ1) is 8.76. The molecular formula is C15H21NO2. The van der Waals surface area contributed by atoms with E-state index in [9.17, 15) is 0 Å². The summed E-state index contributed by atoms with van der Waals surface area (Å²) in [4.78, 5) is 0. The number of hydrogen-bond acceptors (Lipinski definition) is 3. The molecule has 3 heteroatoms. The van der Waals surface area contributed by atoms with E-state index in [1.165, 1.54) is 24.8 Å². The maximum Gasteiger partial charge on any atom is 0.118 e. The molecular weight excluding hydrogens is 226 g/mol. The van der Waals surface area contributed by atoms with E-state index in [1.54, 1.807) is 7.11 Å². The molecule has 0 spiro atoms. The van der Waals surface area contributed by atoms with Crippen LogP contribution in [0.25, 0.3) is 0 Å². The quantitative estimate of drug-likeness (QED) is 0.887. The molecule has 2 saturated heterocycles. The molecule has 3 nitrogen and oxygen atoms in total. The van der Waals surface area contributed by atoms with Gasteiger partial charge in [-0.3, -0.25) is 0 Å². The van der Waals surface area contributed by atoms with Gasteiger partial charge < -0.3 is 14.8 Å². The van der Waals surface area contributed by atoms with Crippen LogP contribution in [-0.4, -0.2) is 25.4 Å². The predicted octanol–water partition coefficient (Wildman–Crippen LogP) is 2.67. The van der Waals surface area contributed by atoms with Crippen molar-refractivity contribution in [3.63, 3.8) is 0 Å². The summed E-state index contributed by atoms with van der Waals surface area (Å²) in [6.07, 6.45) is 4.59. The van der Waals surface area contributed by atoms with Crippen molar-refractivity contribution in [1.29, 1.82) is 0 Å². The molecule has 18 heavy (non-hydrogen) atoms. The van der Waals surface area contributed by atoms with Crippen molar-refractivity contribution in [3.05, 3.63) is 29.8 Å². The van der Waals surface area contributed by atoms with Crippen LogP contribution in [0.5, 0.6) is 5.75 Å². The molecule has 4 atom stereocenters. The molecule has 2 aliphatic heterocycles. The largest absolute Gasteiger partial charge is 0.497 e. The summed E-state index contributed by atoms with van der Waals surface area (Å²) in [7, 11) is 1.70. The van der Waals surface area contributed by atoms with Crippen molar-refractivity contribution in [2.24, 2.45) is 0 Å². The monoisotopic (exact) mass is 247 g/mol. The summed E-state index contributed by atoms with van der Waals surface area (Å²) in [5.74, 6) is 0.911. The van der Waals surface area contributed by atoms with E-state index in [1.807, 2.05) is 12.1 Å². The van der Waals surface area contributed by atoms with Crippen molar-refractivity contribution in [2.45, 2.75) is 50.5 Å². The van der Waals surface area contributed by atoms with E-state index >= 15 is 0 Å². The van der Waals surface area contributed by atoms with Gasteiger partial charge in [-0.1, -0.05) is 12.1 Å². The number of rotatable bonds is 4. The topological polar surface area (TPSA) is 30.5 Å². The molecule has 0 amide bonds. The number of fused-ring (bicyclic) bond motifs is 2. The fraction of sp³-hybridized carbons (Fsp3) is 0.600. The molecule has 0 saturated carbocycles. The Balaban J connectivity index is 1.62. The van der Waals surface area contributed by atoms with Crippen LogP contribution in [0, 0.1) is 0 Å². The van der Waals surface area contributed by atoms with Crippen LogP contribution >= 0.6 is 0 Å². The molecule has 1 aromatic carbocycles. The molecule has 2 aliphatic rings. The Hall–Kier alpha value is -1.06. The molecule has 98 valence electrons. The summed E-state index contributed by atoms with van der Waals surface area (Å²) in [5, 5.41) is 3.70. The second kappa shape index (κ2) is 4.90. The highest BCUT2D eigenvalue weighted by molar-refractivity contribution is 5.29. The van der Waals surface area contributed by atoms with Gasteiger partial charge in [0.25, 0.3) is 0 Å². The average molecular weight is 247 g/mol. The Bertz CT molecular complexity index is 403. The van der Waals surface area contributed by atoms with Crippen molar-refractivity contribution >= 4 is 0 Å². The van der Waals surface area contributed by atoms with E-state index in [2.05, 4.69) is 24.4 Å². The third-order valence-electron chi connectivity index (χ3n) is 4.19. The van der Waals surface area contributed by atoms with Crippen molar-refractivity contribution in [3.8, 4) is 5.75 Å². The molecule has 2 bridgehead atoms. The zero-order valence-electron chi connectivity index (χ0n) is 11.1.